The number of hydrogen-bond donors (Lipinski definition) is 4. The van der Waals surface area contributed by atoms with Gasteiger partial charge in [-0.1, -0.05) is 32.9 Å². The van der Waals surface area contributed by atoms with Crippen LogP contribution in [0, 0.1) is 0 Å². The number of ether oxygens (including phenoxy) is 6. The molecule has 0 saturated heterocycles. The predicted molar refractivity (Wildman–Crippen MR) is 235 cm³/mol. The Morgan fingerprint density at radius 2 is 1.52 bits per heavy atom. The van der Waals surface area contributed by atoms with Gasteiger partial charge in [-0.05, 0) is 86.7 Å². The van der Waals surface area contributed by atoms with Crippen LogP contribution < -0.4 is 19.7 Å². The second-order valence-electron chi connectivity index (χ2n) is 14.6. The minimum atomic E-state index is -1.48. The van der Waals surface area contributed by atoms with Crippen LogP contribution in [0.15, 0.2) is 96.5 Å². The van der Waals surface area contributed by atoms with Crippen molar-refractivity contribution in [2.75, 3.05) is 63.0 Å². The zero-order valence-electron chi connectivity index (χ0n) is 35.9. The fourth-order valence-corrected chi connectivity index (χ4v) is 7.54. The number of phenols is 2. The summed E-state index contributed by atoms with van der Waals surface area (Å²) in [6, 6.07) is 15.0. The molecule has 3 aliphatic heterocycles. The number of anilines is 3. The molecule has 0 unspecified atom stereocenters. The van der Waals surface area contributed by atoms with Crippen molar-refractivity contribution in [3.63, 3.8) is 0 Å². The fraction of sp³-hybridized carbons (Fsp3) is 0.383. The van der Waals surface area contributed by atoms with Crippen molar-refractivity contribution < 1.29 is 53.3 Å². The number of hydrogen-bond acceptors (Lipinski definition) is 15. The number of aryl methyl sites for hydroxylation is 1. The van der Waals surface area contributed by atoms with E-state index in [9.17, 15) is 24.9 Å². The third-order valence-electron chi connectivity index (χ3n) is 10.3. The Morgan fingerprint density at radius 3 is 2.19 bits per heavy atom. The van der Waals surface area contributed by atoms with E-state index < -0.39 is 17.5 Å². The molecule has 0 bridgehead atoms. The van der Waals surface area contributed by atoms with E-state index in [0.717, 1.165) is 23.4 Å². The molecule has 1 spiro atoms. The summed E-state index contributed by atoms with van der Waals surface area (Å²) in [5, 5.41) is 33.0. The van der Waals surface area contributed by atoms with E-state index in [0.29, 0.717) is 107 Å². The molecule has 0 aliphatic carbocycles. The monoisotopic (exact) mass is 865 g/mol. The molecule has 7 rings (SSSR count). The molecule has 4 N–H and O–H groups in total. The number of allylic oxidation sites excluding steroid dienone is 1. The first-order valence-corrected chi connectivity index (χ1v) is 21.2. The molecule has 1 aromatic heterocycles. The third kappa shape index (κ3) is 11.1. The van der Waals surface area contributed by atoms with Crippen LogP contribution in [-0.4, -0.2) is 95.0 Å². The van der Waals surface area contributed by atoms with Crippen LogP contribution in [0.1, 0.15) is 69.6 Å². The summed E-state index contributed by atoms with van der Waals surface area (Å²) in [6.07, 6.45) is 7.99. The minimum Gasteiger partial charge on any atom is -0.508 e. The molecule has 3 aromatic carbocycles. The van der Waals surface area contributed by atoms with Crippen molar-refractivity contribution in [2.24, 2.45) is 0 Å². The van der Waals surface area contributed by atoms with Crippen molar-refractivity contribution in [2.45, 2.75) is 64.9 Å². The highest BCUT2D eigenvalue weighted by atomic mass is 16.6. The summed E-state index contributed by atoms with van der Waals surface area (Å²) in [6.45, 7) is 13.6. The maximum absolute atomic E-state index is 13.8. The Bertz CT molecular complexity index is 2260. The van der Waals surface area contributed by atoms with Crippen LogP contribution in [0.5, 0.6) is 28.7 Å². The van der Waals surface area contributed by atoms with Gasteiger partial charge in [-0.25, -0.2) is 14.8 Å². The molecular formula is C47H55N5O11. The number of carboxylic acids is 1. The second-order valence-corrected chi connectivity index (χ2v) is 14.6. The van der Waals surface area contributed by atoms with Gasteiger partial charge in [-0.3, -0.25) is 4.79 Å². The maximum atomic E-state index is 13.8. The molecule has 0 fully saturated rings. The number of fused-ring (bicyclic) bond motifs is 5. The number of carbonyl (C=O) groups is 2. The van der Waals surface area contributed by atoms with E-state index in [-0.39, 0.29) is 40.9 Å². The first-order valence-electron chi connectivity index (χ1n) is 21.2. The second kappa shape index (κ2) is 22.0. The number of benzene rings is 3. The van der Waals surface area contributed by atoms with Gasteiger partial charge in [0.15, 0.2) is 5.60 Å². The van der Waals surface area contributed by atoms with Crippen molar-refractivity contribution in [3.8, 4) is 28.7 Å². The Balaban J connectivity index is 0.00000326. The maximum Gasteiger partial charge on any atom is 0.340 e. The van der Waals surface area contributed by atoms with Crippen molar-refractivity contribution in [3.05, 3.63) is 113 Å². The van der Waals surface area contributed by atoms with E-state index in [1.807, 2.05) is 30.9 Å². The third-order valence-corrected chi connectivity index (χ3v) is 10.3. The van der Waals surface area contributed by atoms with Crippen LogP contribution >= 0.6 is 0 Å². The molecule has 3 aliphatic rings. The Hall–Kier alpha value is -6.49. The predicted octanol–water partition coefficient (Wildman–Crippen LogP) is 7.87. The van der Waals surface area contributed by atoms with Gasteiger partial charge in [0.2, 0.25) is 11.9 Å². The number of nitrogens with one attached hydrogen (secondary N) is 1. The van der Waals surface area contributed by atoms with Crippen LogP contribution in [0.3, 0.4) is 0 Å². The van der Waals surface area contributed by atoms with Crippen molar-refractivity contribution in [1.29, 1.82) is 0 Å². The van der Waals surface area contributed by atoms with E-state index in [2.05, 4.69) is 27.9 Å². The lowest BCUT2D eigenvalue weighted by Gasteiger charge is -2.37. The topological polar surface area (TPSA) is 204 Å². The lowest BCUT2D eigenvalue weighted by molar-refractivity contribution is -0.145. The lowest BCUT2D eigenvalue weighted by Crippen LogP contribution is -2.33. The van der Waals surface area contributed by atoms with Gasteiger partial charge in [0.05, 0.1) is 38.6 Å². The highest BCUT2D eigenvalue weighted by molar-refractivity contribution is 5.98. The summed E-state index contributed by atoms with van der Waals surface area (Å²) < 4.78 is 35.4. The lowest BCUT2D eigenvalue weighted by atomic mass is 9.77. The van der Waals surface area contributed by atoms with E-state index in [1.54, 1.807) is 31.2 Å². The van der Waals surface area contributed by atoms with Gasteiger partial charge in [0.25, 0.3) is 0 Å². The smallest absolute Gasteiger partial charge is 0.340 e. The molecule has 63 heavy (non-hydrogen) atoms. The van der Waals surface area contributed by atoms with E-state index in [4.69, 9.17) is 33.4 Å². The summed E-state index contributed by atoms with van der Waals surface area (Å²) >= 11 is 0. The number of carboxylic acid groups (broad SMARTS) is 1. The number of aromatic nitrogens is 3. The van der Waals surface area contributed by atoms with Crippen molar-refractivity contribution >= 4 is 29.5 Å². The minimum absolute atomic E-state index is 0.0505. The van der Waals surface area contributed by atoms with Gasteiger partial charge in [-0.15, -0.1) is 0 Å². The summed E-state index contributed by atoms with van der Waals surface area (Å²) in [5.74, 6) is 0.245. The quantitative estimate of drug-likeness (QED) is 0.0790. The van der Waals surface area contributed by atoms with Crippen molar-refractivity contribution in [1.82, 2.24) is 15.0 Å². The molecule has 0 amide bonds. The molecule has 334 valence electrons. The Kier molecular flexibility index (Phi) is 16.1. The molecular weight excluding hydrogens is 811 g/mol. The molecule has 4 heterocycles. The molecule has 0 saturated carbocycles. The number of phenolic OH excluding ortho intramolecular Hbond substituents is 2. The zero-order valence-corrected chi connectivity index (χ0v) is 35.9. The van der Waals surface area contributed by atoms with Crippen LogP contribution in [0.25, 0.3) is 0 Å². The van der Waals surface area contributed by atoms with Gasteiger partial charge < -0.3 is 54.0 Å². The number of esters is 1. The van der Waals surface area contributed by atoms with E-state index in [1.165, 1.54) is 30.6 Å². The SMILES string of the molecule is C=CC1=C(/C=C(\C)Nc2ncnc(N(CCCCCC(=O)O)c3ccc4c(c3)CCCOCCOCCOCCO4)n2)C(=O)OC12c1ccc(O)cc1Oc1cc(O)ccc12.CC. The number of rotatable bonds is 12. The standard InChI is InChI=1S/C45H49N5O11.C2H6/c1-3-35-34(42(55)61-45(35)36-13-11-32(51)26-39(36)60-40-27-33(52)12-14-37(40)45)24-29(2)48-43-46-28-47-44(49-43)50(16-6-4-5-9-41(53)54)31-10-15-38-30(25-31)8-7-17-56-18-19-57-20-21-58-22-23-59-38;1-2/h3,10-15,24-28,51-52H,1,4-9,16-23H2,2H3,(H,53,54)(H,46,47,48,49);1-2H3/b29-24+;. The fourth-order valence-electron chi connectivity index (χ4n) is 7.54. The largest absolute Gasteiger partial charge is 0.508 e. The average Bonchev–Trinajstić information content (AvgIpc) is 3.53. The number of unbranched alkanes of at least 4 members (excludes halogenated alkanes) is 2. The highest BCUT2D eigenvalue weighted by Gasteiger charge is 2.54. The number of carbonyl (C=O) groups excluding carboxylic acids is 1. The molecule has 16 heteroatoms. The summed E-state index contributed by atoms with van der Waals surface area (Å²) in [7, 11) is 0. The first kappa shape index (κ1) is 46.0. The molecule has 4 aromatic rings. The Morgan fingerprint density at radius 1 is 0.857 bits per heavy atom. The molecule has 16 nitrogen and oxygen atoms in total. The number of nitrogens with zero attached hydrogens (tertiary/aromatic N) is 4. The molecule has 0 radical (unpaired) electrons. The van der Waals surface area contributed by atoms with Gasteiger partial charge in [-0.2, -0.15) is 4.98 Å². The van der Waals surface area contributed by atoms with E-state index >= 15 is 0 Å². The zero-order chi connectivity index (χ0) is 44.8. The van der Waals surface area contributed by atoms with Crippen LogP contribution in [-0.2, 0) is 40.6 Å². The average molecular weight is 866 g/mol. The summed E-state index contributed by atoms with van der Waals surface area (Å²) in [5.41, 5.74) is 2.40. The first-order chi connectivity index (χ1) is 30.7. The van der Waals surface area contributed by atoms with Gasteiger partial charge in [0.1, 0.15) is 41.7 Å². The Labute approximate surface area is 366 Å². The number of aromatic hydroxyl groups is 2. The summed E-state index contributed by atoms with van der Waals surface area (Å²) in [4.78, 5) is 40.8. The van der Waals surface area contributed by atoms with Crippen LogP contribution in [0.2, 0.25) is 0 Å². The van der Waals surface area contributed by atoms with Gasteiger partial charge >= 0.3 is 11.9 Å². The van der Waals surface area contributed by atoms with Crippen LogP contribution in [0.4, 0.5) is 17.6 Å². The normalized spacial score (nSPS) is 16.3. The highest BCUT2D eigenvalue weighted by Crippen LogP contribution is 2.57. The number of aliphatic carboxylic acids is 1. The molecule has 0 atom stereocenters. The van der Waals surface area contributed by atoms with Gasteiger partial charge in [0, 0.05) is 59.8 Å².